The molecule has 2 aromatic rings. The van der Waals surface area contributed by atoms with Crippen molar-refractivity contribution in [2.75, 3.05) is 11.9 Å². The zero-order chi connectivity index (χ0) is 15.8. The summed E-state index contributed by atoms with van der Waals surface area (Å²) in [5.74, 6) is 0.278. The monoisotopic (exact) mass is 297 g/mol. The molecule has 0 radical (unpaired) electrons. The third-order valence-corrected chi connectivity index (χ3v) is 3.50. The van der Waals surface area contributed by atoms with Crippen LogP contribution in [0.5, 0.6) is 5.75 Å². The van der Waals surface area contributed by atoms with Gasteiger partial charge in [-0.2, -0.15) is 0 Å². The van der Waals surface area contributed by atoms with E-state index in [2.05, 4.69) is 12.2 Å². The Balaban J connectivity index is 1.96. The number of carbonyl (C=O) groups is 1. The first kappa shape index (κ1) is 16.1. The third kappa shape index (κ3) is 4.62. The van der Waals surface area contributed by atoms with Gasteiger partial charge in [0.25, 0.3) is 0 Å². The van der Waals surface area contributed by atoms with Crippen LogP contribution in [0.4, 0.5) is 5.69 Å². The molecule has 0 bridgehead atoms. The third-order valence-electron chi connectivity index (χ3n) is 3.50. The van der Waals surface area contributed by atoms with E-state index >= 15 is 0 Å². The molecule has 2 aromatic carbocycles. The SMILES string of the molecule is CCCCCNc1ccc(OC(=O)c2ccccc2)c(C)c1. The van der Waals surface area contributed by atoms with Gasteiger partial charge in [-0.05, 0) is 49.2 Å². The quantitative estimate of drug-likeness (QED) is 0.452. The fraction of sp³-hybridized carbons (Fsp3) is 0.316. The lowest BCUT2D eigenvalue weighted by Gasteiger charge is -2.11. The number of carbonyl (C=O) groups excluding carboxylic acids is 1. The minimum Gasteiger partial charge on any atom is -0.423 e. The predicted octanol–water partition coefficient (Wildman–Crippen LogP) is 4.82. The van der Waals surface area contributed by atoms with Gasteiger partial charge in [-0.15, -0.1) is 0 Å². The highest BCUT2D eigenvalue weighted by Gasteiger charge is 2.09. The summed E-state index contributed by atoms with van der Waals surface area (Å²) >= 11 is 0. The number of hydrogen-bond acceptors (Lipinski definition) is 3. The van der Waals surface area contributed by atoms with Crippen LogP contribution < -0.4 is 10.1 Å². The lowest BCUT2D eigenvalue weighted by atomic mass is 10.2. The van der Waals surface area contributed by atoms with E-state index in [1.54, 1.807) is 12.1 Å². The molecule has 3 nitrogen and oxygen atoms in total. The summed E-state index contributed by atoms with van der Waals surface area (Å²) in [4.78, 5) is 12.1. The first-order valence-corrected chi connectivity index (χ1v) is 7.82. The van der Waals surface area contributed by atoms with Crippen molar-refractivity contribution in [2.24, 2.45) is 0 Å². The van der Waals surface area contributed by atoms with Gasteiger partial charge in [0.15, 0.2) is 0 Å². The van der Waals surface area contributed by atoms with Gasteiger partial charge in [0.05, 0.1) is 5.56 Å². The maximum atomic E-state index is 12.1. The van der Waals surface area contributed by atoms with Gasteiger partial charge in [-0.1, -0.05) is 38.0 Å². The molecule has 0 saturated heterocycles. The van der Waals surface area contributed by atoms with E-state index < -0.39 is 0 Å². The van der Waals surface area contributed by atoms with Crippen LogP contribution in [0.3, 0.4) is 0 Å². The molecule has 2 rings (SSSR count). The summed E-state index contributed by atoms with van der Waals surface area (Å²) in [7, 11) is 0. The fourth-order valence-electron chi connectivity index (χ4n) is 2.21. The van der Waals surface area contributed by atoms with Crippen molar-refractivity contribution in [3.05, 3.63) is 59.7 Å². The highest BCUT2D eigenvalue weighted by atomic mass is 16.5. The smallest absolute Gasteiger partial charge is 0.343 e. The number of benzene rings is 2. The molecule has 0 aliphatic rings. The Hall–Kier alpha value is -2.29. The molecule has 1 N–H and O–H groups in total. The van der Waals surface area contributed by atoms with Gasteiger partial charge in [0.1, 0.15) is 5.75 Å². The van der Waals surface area contributed by atoms with E-state index in [1.165, 1.54) is 19.3 Å². The topological polar surface area (TPSA) is 38.3 Å². The molecule has 0 atom stereocenters. The summed E-state index contributed by atoms with van der Waals surface area (Å²) < 4.78 is 5.46. The second-order valence-electron chi connectivity index (χ2n) is 5.37. The van der Waals surface area contributed by atoms with Crippen LogP contribution in [-0.4, -0.2) is 12.5 Å². The highest BCUT2D eigenvalue weighted by Crippen LogP contribution is 2.23. The number of rotatable bonds is 7. The summed E-state index contributed by atoms with van der Waals surface area (Å²) in [5, 5.41) is 3.39. The number of ether oxygens (including phenoxy) is 1. The highest BCUT2D eigenvalue weighted by molar-refractivity contribution is 5.91. The second kappa shape index (κ2) is 8.23. The van der Waals surface area contributed by atoms with Crippen molar-refractivity contribution in [3.63, 3.8) is 0 Å². The van der Waals surface area contributed by atoms with Crippen LogP contribution >= 0.6 is 0 Å². The molecule has 0 aliphatic heterocycles. The molecule has 0 aliphatic carbocycles. The van der Waals surface area contributed by atoms with E-state index in [-0.39, 0.29) is 5.97 Å². The number of unbranched alkanes of at least 4 members (excludes halogenated alkanes) is 2. The molecule has 0 saturated carbocycles. The van der Waals surface area contributed by atoms with Crippen LogP contribution in [0.2, 0.25) is 0 Å². The Morgan fingerprint density at radius 3 is 2.55 bits per heavy atom. The molecular weight excluding hydrogens is 274 g/mol. The molecule has 116 valence electrons. The Morgan fingerprint density at radius 1 is 1.09 bits per heavy atom. The minimum atomic E-state index is -0.327. The first-order valence-electron chi connectivity index (χ1n) is 7.82. The molecule has 0 heterocycles. The number of hydrogen-bond donors (Lipinski definition) is 1. The predicted molar refractivity (Wildman–Crippen MR) is 90.6 cm³/mol. The van der Waals surface area contributed by atoms with Crippen LogP contribution in [0.25, 0.3) is 0 Å². The van der Waals surface area contributed by atoms with Crippen molar-refractivity contribution in [1.29, 1.82) is 0 Å². The average molecular weight is 297 g/mol. The maximum Gasteiger partial charge on any atom is 0.343 e. The number of nitrogens with one attached hydrogen (secondary N) is 1. The Labute approximate surface area is 132 Å². The van der Waals surface area contributed by atoms with Crippen molar-refractivity contribution >= 4 is 11.7 Å². The Morgan fingerprint density at radius 2 is 1.86 bits per heavy atom. The molecule has 0 fully saturated rings. The van der Waals surface area contributed by atoms with Gasteiger partial charge in [0, 0.05) is 12.2 Å². The minimum absolute atomic E-state index is 0.327. The zero-order valence-corrected chi connectivity index (χ0v) is 13.3. The number of esters is 1. The second-order valence-corrected chi connectivity index (χ2v) is 5.37. The average Bonchev–Trinajstić information content (AvgIpc) is 2.55. The molecule has 3 heteroatoms. The van der Waals surface area contributed by atoms with Crippen molar-refractivity contribution in [1.82, 2.24) is 0 Å². The van der Waals surface area contributed by atoms with Crippen molar-refractivity contribution in [2.45, 2.75) is 33.1 Å². The van der Waals surface area contributed by atoms with E-state index in [0.29, 0.717) is 11.3 Å². The lowest BCUT2D eigenvalue weighted by molar-refractivity contribution is 0.0733. The number of aryl methyl sites for hydroxylation is 1. The summed E-state index contributed by atoms with van der Waals surface area (Å²) in [5.41, 5.74) is 2.57. The van der Waals surface area contributed by atoms with E-state index in [9.17, 15) is 4.79 Å². The molecule has 0 spiro atoms. The van der Waals surface area contributed by atoms with Gasteiger partial charge in [0.2, 0.25) is 0 Å². The normalized spacial score (nSPS) is 10.3. The molecule has 0 amide bonds. The number of anilines is 1. The van der Waals surface area contributed by atoms with Crippen LogP contribution in [0, 0.1) is 6.92 Å². The van der Waals surface area contributed by atoms with Gasteiger partial charge < -0.3 is 10.1 Å². The largest absolute Gasteiger partial charge is 0.423 e. The standard InChI is InChI=1S/C19H23NO2/c1-3-4-8-13-20-17-11-12-18(15(2)14-17)22-19(21)16-9-6-5-7-10-16/h5-7,9-12,14,20H,3-4,8,13H2,1-2H3. The molecule has 0 aromatic heterocycles. The van der Waals surface area contributed by atoms with Gasteiger partial charge in [-0.3, -0.25) is 0 Å². The van der Waals surface area contributed by atoms with E-state index in [0.717, 1.165) is 17.8 Å². The molecule has 0 unspecified atom stereocenters. The summed E-state index contributed by atoms with van der Waals surface area (Å²) in [6.07, 6.45) is 3.62. The Bertz CT molecular complexity index is 608. The van der Waals surface area contributed by atoms with E-state index in [4.69, 9.17) is 4.74 Å². The van der Waals surface area contributed by atoms with E-state index in [1.807, 2.05) is 43.3 Å². The van der Waals surface area contributed by atoms with Crippen LogP contribution in [0.15, 0.2) is 48.5 Å². The summed E-state index contributed by atoms with van der Waals surface area (Å²) in [6, 6.07) is 14.8. The lowest BCUT2D eigenvalue weighted by Crippen LogP contribution is -2.09. The maximum absolute atomic E-state index is 12.1. The van der Waals surface area contributed by atoms with Gasteiger partial charge in [-0.25, -0.2) is 4.79 Å². The molecular formula is C19H23NO2. The molecule has 22 heavy (non-hydrogen) atoms. The van der Waals surface area contributed by atoms with Crippen LogP contribution in [-0.2, 0) is 0 Å². The Kier molecular flexibility index (Phi) is 6.01. The van der Waals surface area contributed by atoms with Crippen LogP contribution in [0.1, 0.15) is 42.1 Å². The summed E-state index contributed by atoms with van der Waals surface area (Å²) in [6.45, 7) is 5.11. The zero-order valence-electron chi connectivity index (χ0n) is 13.3. The van der Waals surface area contributed by atoms with Gasteiger partial charge >= 0.3 is 5.97 Å². The van der Waals surface area contributed by atoms with Crippen molar-refractivity contribution in [3.8, 4) is 5.75 Å². The fourth-order valence-corrected chi connectivity index (χ4v) is 2.21. The first-order chi connectivity index (χ1) is 10.7. The van der Waals surface area contributed by atoms with Crippen molar-refractivity contribution < 1.29 is 9.53 Å².